The van der Waals surface area contributed by atoms with Crippen LogP contribution < -0.4 is 5.32 Å². The van der Waals surface area contributed by atoms with E-state index in [0.29, 0.717) is 5.56 Å². The number of aryl methyl sites for hydroxylation is 1. The first-order valence-corrected chi connectivity index (χ1v) is 6.32. The third-order valence-corrected chi connectivity index (χ3v) is 2.72. The molecule has 0 aliphatic rings. The van der Waals surface area contributed by atoms with E-state index in [2.05, 4.69) is 21.2 Å². The molecule has 15 heavy (non-hydrogen) atoms. The number of hydrogen-bond acceptors (Lipinski definition) is 2. The van der Waals surface area contributed by atoms with Crippen molar-refractivity contribution in [3.05, 3.63) is 23.7 Å². The molecule has 0 atom stereocenters. The standard InChI is InChI=1S/C11H16BrNO2/c1-2-10-9(5-8-15-10)11(14)13-7-4-3-6-12/h5,8H,2-4,6-7H2,1H3,(H,13,14). The molecule has 0 aliphatic carbocycles. The summed E-state index contributed by atoms with van der Waals surface area (Å²) in [6.45, 7) is 2.69. The Bertz CT molecular complexity index is 309. The van der Waals surface area contributed by atoms with E-state index in [1.54, 1.807) is 12.3 Å². The van der Waals surface area contributed by atoms with Crippen molar-refractivity contribution >= 4 is 21.8 Å². The number of alkyl halides is 1. The molecule has 84 valence electrons. The van der Waals surface area contributed by atoms with Crippen LogP contribution in [0.2, 0.25) is 0 Å². The highest BCUT2D eigenvalue weighted by molar-refractivity contribution is 9.09. The molecule has 0 saturated carbocycles. The fourth-order valence-electron chi connectivity index (χ4n) is 1.33. The molecule has 3 nitrogen and oxygen atoms in total. The molecule has 1 N–H and O–H groups in total. The maximum atomic E-state index is 11.7. The average Bonchev–Trinajstić information content (AvgIpc) is 2.72. The fraction of sp³-hybridized carbons (Fsp3) is 0.545. The number of halogens is 1. The first-order valence-electron chi connectivity index (χ1n) is 5.20. The largest absolute Gasteiger partial charge is 0.469 e. The highest BCUT2D eigenvalue weighted by Crippen LogP contribution is 2.10. The van der Waals surface area contributed by atoms with Crippen LogP contribution in [-0.4, -0.2) is 17.8 Å². The number of hydrogen-bond donors (Lipinski definition) is 1. The Hall–Kier alpha value is -0.770. The predicted molar refractivity (Wildman–Crippen MR) is 63.4 cm³/mol. The Labute approximate surface area is 98.4 Å². The molecule has 1 heterocycles. The molecule has 0 aliphatic heterocycles. The van der Waals surface area contributed by atoms with Gasteiger partial charge in [0.05, 0.1) is 11.8 Å². The van der Waals surface area contributed by atoms with Crippen molar-refractivity contribution in [2.45, 2.75) is 26.2 Å². The number of rotatable bonds is 6. The number of carbonyl (C=O) groups excluding carboxylic acids is 1. The molecule has 0 aromatic carbocycles. The monoisotopic (exact) mass is 273 g/mol. The second kappa shape index (κ2) is 6.67. The zero-order chi connectivity index (χ0) is 11.1. The molecule has 1 rings (SSSR count). The minimum Gasteiger partial charge on any atom is -0.469 e. The first-order chi connectivity index (χ1) is 7.29. The highest BCUT2D eigenvalue weighted by Gasteiger charge is 2.11. The van der Waals surface area contributed by atoms with Crippen LogP contribution >= 0.6 is 15.9 Å². The second-order valence-corrected chi connectivity index (χ2v) is 4.06. The lowest BCUT2D eigenvalue weighted by Crippen LogP contribution is -2.24. The van der Waals surface area contributed by atoms with E-state index in [1.807, 2.05) is 6.92 Å². The van der Waals surface area contributed by atoms with Crippen molar-refractivity contribution < 1.29 is 9.21 Å². The van der Waals surface area contributed by atoms with Crippen LogP contribution in [0.4, 0.5) is 0 Å². The van der Waals surface area contributed by atoms with Crippen LogP contribution in [-0.2, 0) is 6.42 Å². The SMILES string of the molecule is CCc1occc1C(=O)NCCCCBr. The zero-order valence-corrected chi connectivity index (χ0v) is 10.5. The van der Waals surface area contributed by atoms with Gasteiger partial charge in [0.1, 0.15) is 5.76 Å². The molecular weight excluding hydrogens is 258 g/mol. The number of carbonyl (C=O) groups is 1. The van der Waals surface area contributed by atoms with E-state index < -0.39 is 0 Å². The summed E-state index contributed by atoms with van der Waals surface area (Å²) in [5.74, 6) is 0.725. The Morgan fingerprint density at radius 2 is 2.33 bits per heavy atom. The molecule has 1 aromatic rings. The van der Waals surface area contributed by atoms with Gasteiger partial charge in [-0.1, -0.05) is 22.9 Å². The first kappa shape index (κ1) is 12.3. The smallest absolute Gasteiger partial charge is 0.254 e. The fourth-order valence-corrected chi connectivity index (χ4v) is 1.73. The van der Waals surface area contributed by atoms with Gasteiger partial charge in [-0.2, -0.15) is 0 Å². The summed E-state index contributed by atoms with van der Waals surface area (Å²) in [6.07, 6.45) is 4.38. The van der Waals surface area contributed by atoms with E-state index in [0.717, 1.165) is 36.9 Å². The summed E-state index contributed by atoms with van der Waals surface area (Å²) in [6, 6.07) is 1.72. The lowest BCUT2D eigenvalue weighted by atomic mass is 10.2. The summed E-state index contributed by atoms with van der Waals surface area (Å²) in [4.78, 5) is 11.7. The third-order valence-electron chi connectivity index (χ3n) is 2.16. The summed E-state index contributed by atoms with van der Waals surface area (Å²) < 4.78 is 5.19. The normalized spacial score (nSPS) is 10.3. The third kappa shape index (κ3) is 3.70. The van der Waals surface area contributed by atoms with Crippen LogP contribution in [0.5, 0.6) is 0 Å². The van der Waals surface area contributed by atoms with Crippen molar-refractivity contribution in [2.75, 3.05) is 11.9 Å². The second-order valence-electron chi connectivity index (χ2n) is 3.26. The van der Waals surface area contributed by atoms with Gasteiger partial charge in [0.15, 0.2) is 0 Å². The van der Waals surface area contributed by atoms with Crippen molar-refractivity contribution in [1.29, 1.82) is 0 Å². The van der Waals surface area contributed by atoms with Gasteiger partial charge in [-0.05, 0) is 18.9 Å². The van der Waals surface area contributed by atoms with Gasteiger partial charge in [0.25, 0.3) is 5.91 Å². The lowest BCUT2D eigenvalue weighted by molar-refractivity contribution is 0.0951. The van der Waals surface area contributed by atoms with Gasteiger partial charge in [-0.25, -0.2) is 0 Å². The topological polar surface area (TPSA) is 42.2 Å². The molecule has 0 bridgehead atoms. The summed E-state index contributed by atoms with van der Waals surface area (Å²) in [5, 5.41) is 3.86. The van der Waals surface area contributed by atoms with Crippen LogP contribution in [0.25, 0.3) is 0 Å². The van der Waals surface area contributed by atoms with Crippen molar-refractivity contribution in [2.24, 2.45) is 0 Å². The molecule has 0 unspecified atom stereocenters. The van der Waals surface area contributed by atoms with Crippen LogP contribution in [0.1, 0.15) is 35.9 Å². The maximum absolute atomic E-state index is 11.7. The summed E-state index contributed by atoms with van der Waals surface area (Å²) in [7, 11) is 0. The van der Waals surface area contributed by atoms with Crippen molar-refractivity contribution in [3.8, 4) is 0 Å². The molecule has 1 aromatic heterocycles. The molecule has 0 fully saturated rings. The van der Waals surface area contributed by atoms with E-state index >= 15 is 0 Å². The summed E-state index contributed by atoms with van der Waals surface area (Å²) >= 11 is 3.35. The number of amides is 1. The minimum absolute atomic E-state index is 0.0322. The van der Waals surface area contributed by atoms with Crippen LogP contribution in [0.15, 0.2) is 16.7 Å². The van der Waals surface area contributed by atoms with Gasteiger partial charge < -0.3 is 9.73 Å². The quantitative estimate of drug-likeness (QED) is 0.640. The zero-order valence-electron chi connectivity index (χ0n) is 8.88. The van der Waals surface area contributed by atoms with Gasteiger partial charge in [-0.3, -0.25) is 4.79 Å². The van der Waals surface area contributed by atoms with E-state index in [-0.39, 0.29) is 5.91 Å². The van der Waals surface area contributed by atoms with Crippen molar-refractivity contribution in [3.63, 3.8) is 0 Å². The Morgan fingerprint density at radius 1 is 1.53 bits per heavy atom. The number of furan rings is 1. The Kier molecular flexibility index (Phi) is 5.47. The molecule has 0 spiro atoms. The molecule has 1 amide bonds. The van der Waals surface area contributed by atoms with Crippen LogP contribution in [0, 0.1) is 0 Å². The Balaban J connectivity index is 2.40. The van der Waals surface area contributed by atoms with Gasteiger partial charge in [0.2, 0.25) is 0 Å². The average molecular weight is 274 g/mol. The number of nitrogens with one attached hydrogen (secondary N) is 1. The van der Waals surface area contributed by atoms with E-state index in [9.17, 15) is 4.79 Å². The molecule has 0 saturated heterocycles. The van der Waals surface area contributed by atoms with Gasteiger partial charge in [-0.15, -0.1) is 0 Å². The maximum Gasteiger partial charge on any atom is 0.254 e. The number of unbranched alkanes of at least 4 members (excludes halogenated alkanes) is 1. The predicted octanol–water partition coefficient (Wildman–Crippen LogP) is 2.75. The highest BCUT2D eigenvalue weighted by atomic mass is 79.9. The summed E-state index contributed by atoms with van der Waals surface area (Å²) in [5.41, 5.74) is 0.663. The van der Waals surface area contributed by atoms with E-state index in [4.69, 9.17) is 4.42 Å². The molecular formula is C11H16BrNO2. The van der Waals surface area contributed by atoms with Crippen molar-refractivity contribution in [1.82, 2.24) is 5.32 Å². The van der Waals surface area contributed by atoms with Gasteiger partial charge >= 0.3 is 0 Å². The van der Waals surface area contributed by atoms with Crippen LogP contribution in [0.3, 0.4) is 0 Å². The lowest BCUT2D eigenvalue weighted by Gasteiger charge is -2.03. The Morgan fingerprint density at radius 3 is 3.00 bits per heavy atom. The minimum atomic E-state index is -0.0322. The van der Waals surface area contributed by atoms with E-state index in [1.165, 1.54) is 0 Å². The molecule has 4 heteroatoms. The molecule has 0 radical (unpaired) electrons. The van der Waals surface area contributed by atoms with Gasteiger partial charge in [0, 0.05) is 18.3 Å².